The topological polar surface area (TPSA) is 107 Å². The Morgan fingerprint density at radius 1 is 0.974 bits per heavy atom. The molecule has 9 nitrogen and oxygen atoms in total. The van der Waals surface area contributed by atoms with Crippen LogP contribution in [0, 0.1) is 0 Å². The summed E-state index contributed by atoms with van der Waals surface area (Å²) < 4.78 is 44.5. The minimum absolute atomic E-state index is 0.0227. The Balaban J connectivity index is 1.83. The number of benzene rings is 3. The van der Waals surface area contributed by atoms with Gasteiger partial charge in [0.05, 0.1) is 49.0 Å². The van der Waals surface area contributed by atoms with E-state index in [-0.39, 0.29) is 16.5 Å². The molecule has 0 saturated carbocycles. The maximum Gasteiger partial charge on any atom is 0.255 e. The van der Waals surface area contributed by atoms with Crippen LogP contribution in [0.25, 0.3) is 0 Å². The van der Waals surface area contributed by atoms with E-state index in [9.17, 15) is 13.2 Å². The quantitative estimate of drug-likeness (QED) is 0.229. The van der Waals surface area contributed by atoms with E-state index in [4.69, 9.17) is 37.4 Å². The number of hydrogen-bond acceptors (Lipinski definition) is 7. The highest BCUT2D eigenvalue weighted by atomic mass is 79.9. The van der Waals surface area contributed by atoms with Crippen molar-refractivity contribution in [3.63, 3.8) is 0 Å². The first-order valence-electron chi connectivity index (χ1n) is 10.9. The molecule has 38 heavy (non-hydrogen) atoms. The SMILES string of the molecule is COc1cc(/C=N/NC(=O)CN(Cc2ccc(Cl)c(Cl)c2)S(=O)(=O)c2ccc(Br)cc2)cc(OC)c1OC. The molecule has 202 valence electrons. The number of sulfonamides is 1. The number of hydrazone groups is 1. The number of halogens is 3. The third kappa shape index (κ3) is 7.39. The Hall–Kier alpha value is -2.83. The summed E-state index contributed by atoms with van der Waals surface area (Å²) in [5, 5.41) is 4.56. The zero-order valence-corrected chi connectivity index (χ0v) is 24.5. The van der Waals surface area contributed by atoms with Crippen LogP contribution in [0.1, 0.15) is 11.1 Å². The molecule has 3 aromatic rings. The second-order valence-corrected chi connectivity index (χ2v) is 11.4. The van der Waals surface area contributed by atoms with Gasteiger partial charge in [0, 0.05) is 16.6 Å². The average molecular weight is 645 g/mol. The molecule has 0 bridgehead atoms. The molecule has 1 amide bonds. The summed E-state index contributed by atoms with van der Waals surface area (Å²) >= 11 is 15.4. The number of amides is 1. The Morgan fingerprint density at radius 3 is 2.16 bits per heavy atom. The van der Waals surface area contributed by atoms with Gasteiger partial charge in [-0.15, -0.1) is 0 Å². The van der Waals surface area contributed by atoms with Crippen molar-refractivity contribution >= 4 is 61.3 Å². The summed E-state index contributed by atoms with van der Waals surface area (Å²) in [7, 11) is 0.387. The van der Waals surface area contributed by atoms with Gasteiger partial charge in [0.25, 0.3) is 5.91 Å². The molecule has 3 rings (SSSR count). The molecule has 1 N–H and O–H groups in total. The highest BCUT2D eigenvalue weighted by Crippen LogP contribution is 2.37. The van der Waals surface area contributed by atoms with E-state index in [0.717, 1.165) is 4.31 Å². The number of hydrogen-bond donors (Lipinski definition) is 1. The molecule has 0 aliphatic carbocycles. The van der Waals surface area contributed by atoms with Crippen LogP contribution in [-0.2, 0) is 21.4 Å². The smallest absolute Gasteiger partial charge is 0.255 e. The predicted molar refractivity (Wildman–Crippen MR) is 150 cm³/mol. The Morgan fingerprint density at radius 2 is 1.61 bits per heavy atom. The van der Waals surface area contributed by atoms with Crippen molar-refractivity contribution in [1.82, 2.24) is 9.73 Å². The van der Waals surface area contributed by atoms with Crippen molar-refractivity contribution in [3.8, 4) is 17.2 Å². The molecule has 0 spiro atoms. The van der Waals surface area contributed by atoms with E-state index >= 15 is 0 Å². The minimum Gasteiger partial charge on any atom is -0.493 e. The zero-order valence-electron chi connectivity index (χ0n) is 20.6. The van der Waals surface area contributed by atoms with Gasteiger partial charge < -0.3 is 14.2 Å². The molecule has 0 atom stereocenters. The summed E-state index contributed by atoms with van der Waals surface area (Å²) in [6, 6.07) is 14.1. The highest BCUT2D eigenvalue weighted by molar-refractivity contribution is 9.10. The van der Waals surface area contributed by atoms with E-state index < -0.39 is 22.5 Å². The Labute approximate surface area is 239 Å². The summed E-state index contributed by atoms with van der Waals surface area (Å²) in [6.07, 6.45) is 1.37. The fraction of sp³-hybridized carbons (Fsp3) is 0.200. The second-order valence-electron chi connectivity index (χ2n) is 7.73. The van der Waals surface area contributed by atoms with Gasteiger partial charge in [0.1, 0.15) is 0 Å². The van der Waals surface area contributed by atoms with Crippen LogP contribution in [-0.4, -0.2) is 52.7 Å². The van der Waals surface area contributed by atoms with Gasteiger partial charge in [-0.1, -0.05) is 45.2 Å². The number of carbonyl (C=O) groups excluding carboxylic acids is 1. The van der Waals surface area contributed by atoms with Crippen LogP contribution in [0.4, 0.5) is 0 Å². The maximum atomic E-state index is 13.4. The Bertz CT molecular complexity index is 1410. The summed E-state index contributed by atoms with van der Waals surface area (Å²) in [5.41, 5.74) is 3.46. The lowest BCUT2D eigenvalue weighted by molar-refractivity contribution is -0.121. The van der Waals surface area contributed by atoms with Crippen LogP contribution in [0.15, 0.2) is 69.1 Å². The molecule has 0 fully saturated rings. The van der Waals surface area contributed by atoms with E-state index in [0.29, 0.717) is 37.9 Å². The average Bonchev–Trinajstić information content (AvgIpc) is 2.89. The number of rotatable bonds is 11. The molecular formula is C25H24BrCl2N3O6S. The predicted octanol–water partition coefficient (Wildman–Crippen LogP) is 5.12. The minimum atomic E-state index is -4.06. The maximum absolute atomic E-state index is 13.4. The van der Waals surface area contributed by atoms with E-state index in [2.05, 4.69) is 26.5 Å². The second kappa shape index (κ2) is 13.3. The first-order valence-corrected chi connectivity index (χ1v) is 13.9. The fourth-order valence-corrected chi connectivity index (χ4v) is 5.34. The molecule has 0 aromatic heterocycles. The molecule has 3 aromatic carbocycles. The Kier molecular flexibility index (Phi) is 10.4. The summed E-state index contributed by atoms with van der Waals surface area (Å²) in [4.78, 5) is 12.8. The van der Waals surface area contributed by atoms with Crippen molar-refractivity contribution in [2.45, 2.75) is 11.4 Å². The normalized spacial score (nSPS) is 11.6. The first-order chi connectivity index (χ1) is 18.1. The van der Waals surface area contributed by atoms with Crippen molar-refractivity contribution in [3.05, 3.63) is 80.2 Å². The number of ether oxygens (including phenoxy) is 3. The molecular weight excluding hydrogens is 621 g/mol. The van der Waals surface area contributed by atoms with Crippen LogP contribution in [0.5, 0.6) is 17.2 Å². The van der Waals surface area contributed by atoms with Gasteiger partial charge in [-0.3, -0.25) is 4.79 Å². The summed E-state index contributed by atoms with van der Waals surface area (Å²) in [5.74, 6) is 0.572. The van der Waals surface area contributed by atoms with Crippen molar-refractivity contribution in [2.75, 3.05) is 27.9 Å². The molecule has 0 aliphatic heterocycles. The highest BCUT2D eigenvalue weighted by Gasteiger charge is 2.27. The molecule has 0 saturated heterocycles. The van der Waals surface area contributed by atoms with Gasteiger partial charge in [-0.2, -0.15) is 9.41 Å². The molecule has 0 heterocycles. The number of carbonyl (C=O) groups is 1. The van der Waals surface area contributed by atoms with Crippen LogP contribution in [0.2, 0.25) is 10.0 Å². The van der Waals surface area contributed by atoms with Crippen molar-refractivity contribution in [2.24, 2.45) is 5.10 Å². The number of methoxy groups -OCH3 is 3. The third-order valence-electron chi connectivity index (χ3n) is 5.20. The molecule has 0 radical (unpaired) electrons. The van der Waals surface area contributed by atoms with Crippen LogP contribution in [0.3, 0.4) is 0 Å². The monoisotopic (exact) mass is 643 g/mol. The lowest BCUT2D eigenvalue weighted by Gasteiger charge is -2.22. The van der Waals surface area contributed by atoms with Crippen molar-refractivity contribution in [1.29, 1.82) is 0 Å². The molecule has 13 heteroatoms. The lowest BCUT2D eigenvalue weighted by Crippen LogP contribution is -2.39. The third-order valence-corrected chi connectivity index (χ3v) is 8.28. The van der Waals surface area contributed by atoms with Crippen LogP contribution < -0.4 is 19.6 Å². The van der Waals surface area contributed by atoms with Gasteiger partial charge in [-0.25, -0.2) is 13.8 Å². The molecule has 0 aliphatic rings. The summed E-state index contributed by atoms with van der Waals surface area (Å²) in [6.45, 7) is -0.634. The van der Waals surface area contributed by atoms with E-state index in [1.807, 2.05) is 0 Å². The number of nitrogens with one attached hydrogen (secondary N) is 1. The largest absolute Gasteiger partial charge is 0.493 e. The van der Waals surface area contributed by atoms with Gasteiger partial charge in [0.2, 0.25) is 15.8 Å². The van der Waals surface area contributed by atoms with E-state index in [1.54, 1.807) is 42.5 Å². The van der Waals surface area contributed by atoms with Gasteiger partial charge in [-0.05, 0) is 54.1 Å². The number of nitrogens with zero attached hydrogens (tertiary/aromatic N) is 2. The first kappa shape index (κ1) is 29.7. The molecule has 0 unspecified atom stereocenters. The zero-order chi connectivity index (χ0) is 27.9. The standard InChI is InChI=1S/C25H24BrCl2N3O6S/c1-35-22-11-17(12-23(36-2)25(22)37-3)13-29-30-24(32)15-31(14-16-4-9-20(27)21(28)10-16)38(33,34)19-7-5-18(26)6-8-19/h4-13H,14-15H2,1-3H3,(H,30,32)/b29-13+. The lowest BCUT2D eigenvalue weighted by atomic mass is 10.2. The van der Waals surface area contributed by atoms with Gasteiger partial charge >= 0.3 is 0 Å². The van der Waals surface area contributed by atoms with Crippen LogP contribution >= 0.6 is 39.1 Å². The van der Waals surface area contributed by atoms with Gasteiger partial charge in [0.15, 0.2) is 11.5 Å². The fourth-order valence-electron chi connectivity index (χ4n) is 3.37. The van der Waals surface area contributed by atoms with E-state index in [1.165, 1.54) is 39.7 Å². The van der Waals surface area contributed by atoms with Crippen molar-refractivity contribution < 1.29 is 27.4 Å².